The molecule has 5 heterocycles. The number of pyridine rings is 1. The Kier molecular flexibility index (Phi) is 4.78. The van der Waals surface area contributed by atoms with Crippen molar-refractivity contribution in [3.63, 3.8) is 0 Å². The Hall–Kier alpha value is -2.06. The topological polar surface area (TPSA) is 79.3 Å². The van der Waals surface area contributed by atoms with Crippen LogP contribution < -0.4 is 4.90 Å². The van der Waals surface area contributed by atoms with Crippen LogP contribution in [-0.2, 0) is 22.1 Å². The van der Waals surface area contributed by atoms with Crippen molar-refractivity contribution in [1.82, 2.24) is 19.9 Å². The number of fused-ring (bicyclic) bond motifs is 3. The van der Waals surface area contributed by atoms with Crippen LogP contribution in [0.4, 0.5) is 5.95 Å². The van der Waals surface area contributed by atoms with Crippen molar-refractivity contribution in [3.8, 4) is 0 Å². The molecule has 2 aromatic heterocycles. The Balaban J connectivity index is 1.44. The van der Waals surface area contributed by atoms with Gasteiger partial charge in [0.05, 0.1) is 16.7 Å². The summed E-state index contributed by atoms with van der Waals surface area (Å²) < 4.78 is 25.9. The van der Waals surface area contributed by atoms with Crippen LogP contribution in [0.2, 0.25) is 0 Å². The lowest BCUT2D eigenvalue weighted by atomic mass is 9.99. The number of sulfone groups is 1. The van der Waals surface area contributed by atoms with Gasteiger partial charge in [-0.3, -0.25) is 9.88 Å². The number of likely N-dealkylation sites (tertiary alicyclic amines) is 1. The molecule has 2 fully saturated rings. The molecule has 5 rings (SSSR count). The quantitative estimate of drug-likeness (QED) is 0.761. The molecule has 7 nitrogen and oxygen atoms in total. The van der Waals surface area contributed by atoms with Gasteiger partial charge in [0, 0.05) is 62.8 Å². The average molecular weight is 414 g/mol. The van der Waals surface area contributed by atoms with Gasteiger partial charge in [0.15, 0.2) is 9.84 Å². The van der Waals surface area contributed by atoms with Crippen LogP contribution in [0.3, 0.4) is 0 Å². The minimum atomic E-state index is -3.20. The van der Waals surface area contributed by atoms with E-state index in [2.05, 4.69) is 26.7 Å². The first kappa shape index (κ1) is 18.9. The molecule has 3 aliphatic rings. The van der Waals surface area contributed by atoms with Crippen LogP contribution in [-0.4, -0.2) is 59.7 Å². The van der Waals surface area contributed by atoms with E-state index >= 15 is 0 Å². The predicted molar refractivity (Wildman–Crippen MR) is 111 cm³/mol. The van der Waals surface area contributed by atoms with Gasteiger partial charge in [0.25, 0.3) is 0 Å². The number of nitrogens with zero attached hydrogens (tertiary/aromatic N) is 5. The Bertz CT molecular complexity index is 997. The highest BCUT2D eigenvalue weighted by atomic mass is 32.2. The van der Waals surface area contributed by atoms with E-state index in [0.29, 0.717) is 25.6 Å². The third-order valence-corrected chi connectivity index (χ3v) is 8.58. The standard InChI is InChI=1S/C21H27N5O2S/c1-15-4-3-7-26(10-15)21-23-9-17-14-29(27,28)19-13-25(12-18(19)20(17)24-21)11-16-5-2-6-22-8-16/h2,5-6,8-9,15,18-19H,3-4,7,10-14H2,1H3/t15-,18-,19+/m0/s1. The van der Waals surface area contributed by atoms with E-state index in [0.717, 1.165) is 42.3 Å². The number of hydrogen-bond donors (Lipinski definition) is 0. The SMILES string of the molecule is C[C@H]1CCCN(c2ncc3c(n2)[C@H]2CN(Cc4cccnc4)C[C@H]2S(=O)(=O)C3)C1. The Morgan fingerprint density at radius 2 is 2.10 bits per heavy atom. The predicted octanol–water partition coefficient (Wildman–Crippen LogP) is 2.00. The van der Waals surface area contributed by atoms with Crippen molar-refractivity contribution in [3.05, 3.63) is 47.5 Å². The van der Waals surface area contributed by atoms with Crippen molar-refractivity contribution in [1.29, 1.82) is 0 Å². The molecule has 0 N–H and O–H groups in total. The highest BCUT2D eigenvalue weighted by Crippen LogP contribution is 2.40. The maximum Gasteiger partial charge on any atom is 0.225 e. The van der Waals surface area contributed by atoms with E-state index in [-0.39, 0.29) is 16.9 Å². The lowest BCUT2D eigenvalue weighted by molar-refractivity contribution is 0.326. The first-order chi connectivity index (χ1) is 14.0. The van der Waals surface area contributed by atoms with Gasteiger partial charge in [-0.25, -0.2) is 18.4 Å². The lowest BCUT2D eigenvalue weighted by Crippen LogP contribution is -2.38. The number of rotatable bonds is 3. The van der Waals surface area contributed by atoms with Gasteiger partial charge >= 0.3 is 0 Å². The van der Waals surface area contributed by atoms with Crippen LogP contribution in [0.5, 0.6) is 0 Å². The molecule has 8 heteroatoms. The first-order valence-electron chi connectivity index (χ1n) is 10.4. The fourth-order valence-corrected chi connectivity index (χ4v) is 7.07. The van der Waals surface area contributed by atoms with E-state index in [1.807, 2.05) is 18.3 Å². The lowest BCUT2D eigenvalue weighted by Gasteiger charge is -2.32. The molecule has 0 aromatic carbocycles. The summed E-state index contributed by atoms with van der Waals surface area (Å²) in [5.74, 6) is 1.38. The summed E-state index contributed by atoms with van der Waals surface area (Å²) in [6.45, 7) is 6.19. The molecule has 3 atom stereocenters. The molecule has 0 amide bonds. The van der Waals surface area contributed by atoms with Crippen LogP contribution in [0, 0.1) is 5.92 Å². The monoisotopic (exact) mass is 413 g/mol. The van der Waals surface area contributed by atoms with Crippen molar-refractivity contribution < 1.29 is 8.42 Å². The van der Waals surface area contributed by atoms with Gasteiger partial charge in [0.1, 0.15) is 0 Å². The summed E-state index contributed by atoms with van der Waals surface area (Å²) in [6, 6.07) is 3.96. The van der Waals surface area contributed by atoms with Crippen LogP contribution in [0.1, 0.15) is 42.5 Å². The highest BCUT2D eigenvalue weighted by molar-refractivity contribution is 7.91. The molecule has 0 spiro atoms. The van der Waals surface area contributed by atoms with Gasteiger partial charge in [-0.05, 0) is 30.4 Å². The molecule has 2 aromatic rings. The molecule has 0 radical (unpaired) electrons. The molecule has 0 aliphatic carbocycles. The van der Waals surface area contributed by atoms with Crippen molar-refractivity contribution in [2.45, 2.75) is 43.2 Å². The maximum atomic E-state index is 12.9. The summed E-state index contributed by atoms with van der Waals surface area (Å²) in [7, 11) is -3.20. The van der Waals surface area contributed by atoms with Crippen LogP contribution in [0.15, 0.2) is 30.7 Å². The molecule has 0 bridgehead atoms. The molecule has 29 heavy (non-hydrogen) atoms. The second-order valence-corrected chi connectivity index (χ2v) is 11.0. The minimum Gasteiger partial charge on any atom is -0.341 e. The van der Waals surface area contributed by atoms with E-state index in [9.17, 15) is 8.42 Å². The first-order valence-corrected chi connectivity index (χ1v) is 12.1. The van der Waals surface area contributed by atoms with Crippen LogP contribution in [0.25, 0.3) is 0 Å². The number of anilines is 1. The Morgan fingerprint density at radius 3 is 2.90 bits per heavy atom. The van der Waals surface area contributed by atoms with Gasteiger partial charge in [-0.2, -0.15) is 0 Å². The molecule has 3 aliphatic heterocycles. The van der Waals surface area contributed by atoms with Gasteiger partial charge < -0.3 is 4.90 Å². The van der Waals surface area contributed by atoms with Crippen molar-refractivity contribution in [2.24, 2.45) is 5.92 Å². The molecular formula is C21H27N5O2S. The van der Waals surface area contributed by atoms with E-state index in [4.69, 9.17) is 4.98 Å². The van der Waals surface area contributed by atoms with Gasteiger partial charge in [-0.15, -0.1) is 0 Å². The molecule has 0 unspecified atom stereocenters. The van der Waals surface area contributed by atoms with E-state index in [1.54, 1.807) is 12.4 Å². The molecular weight excluding hydrogens is 386 g/mol. The Morgan fingerprint density at radius 1 is 1.21 bits per heavy atom. The molecule has 154 valence electrons. The zero-order chi connectivity index (χ0) is 20.0. The third kappa shape index (κ3) is 3.64. The summed E-state index contributed by atoms with van der Waals surface area (Å²) in [5, 5.41) is -0.380. The zero-order valence-electron chi connectivity index (χ0n) is 16.7. The van der Waals surface area contributed by atoms with Gasteiger partial charge in [-0.1, -0.05) is 13.0 Å². The fourth-order valence-electron chi connectivity index (χ4n) is 5.05. The molecule has 2 saturated heterocycles. The van der Waals surface area contributed by atoms with E-state index < -0.39 is 9.84 Å². The second kappa shape index (κ2) is 7.32. The normalized spacial score (nSPS) is 28.7. The number of hydrogen-bond acceptors (Lipinski definition) is 7. The average Bonchev–Trinajstić information content (AvgIpc) is 3.14. The Labute approximate surface area is 172 Å². The summed E-state index contributed by atoms with van der Waals surface area (Å²) in [5.41, 5.74) is 2.83. The molecule has 0 saturated carbocycles. The van der Waals surface area contributed by atoms with Crippen LogP contribution >= 0.6 is 0 Å². The summed E-state index contributed by atoms with van der Waals surface area (Å²) in [6.07, 6.45) is 7.76. The third-order valence-electron chi connectivity index (χ3n) is 6.47. The number of aromatic nitrogens is 3. The number of piperidine rings is 1. The second-order valence-electron chi connectivity index (χ2n) is 8.78. The van der Waals surface area contributed by atoms with E-state index in [1.165, 1.54) is 6.42 Å². The fraction of sp³-hybridized carbons (Fsp3) is 0.571. The summed E-state index contributed by atoms with van der Waals surface area (Å²) in [4.78, 5) is 18.1. The van der Waals surface area contributed by atoms with Gasteiger partial charge in [0.2, 0.25) is 5.95 Å². The minimum absolute atomic E-state index is 0.0565. The van der Waals surface area contributed by atoms with Crippen molar-refractivity contribution >= 4 is 15.8 Å². The largest absolute Gasteiger partial charge is 0.341 e. The van der Waals surface area contributed by atoms with Crippen molar-refractivity contribution in [2.75, 3.05) is 31.1 Å². The summed E-state index contributed by atoms with van der Waals surface area (Å²) >= 11 is 0. The highest BCUT2D eigenvalue weighted by Gasteiger charge is 2.47. The maximum absolute atomic E-state index is 12.9. The smallest absolute Gasteiger partial charge is 0.225 e. The zero-order valence-corrected chi connectivity index (χ0v) is 17.6.